The van der Waals surface area contributed by atoms with Crippen LogP contribution in [0.25, 0.3) is 11.6 Å². The summed E-state index contributed by atoms with van der Waals surface area (Å²) in [6, 6.07) is 0.969. The smallest absolute Gasteiger partial charge is 0.357 e. The molecule has 0 aliphatic carbocycles. The maximum absolute atomic E-state index is 12.5. The number of hydrogen-bond acceptors (Lipinski definition) is 4. The van der Waals surface area contributed by atoms with E-state index in [1.165, 1.54) is 0 Å². The molecule has 3 rings (SSSR count). The lowest BCUT2D eigenvalue weighted by molar-refractivity contribution is -0.137. The molecule has 5 nitrogen and oxygen atoms in total. The lowest BCUT2D eigenvalue weighted by Crippen LogP contribution is -2.28. The van der Waals surface area contributed by atoms with E-state index in [-0.39, 0.29) is 17.5 Å². The Bertz CT molecular complexity index is 584. The lowest BCUT2D eigenvalue weighted by Gasteiger charge is -2.19. The molecule has 0 saturated carbocycles. The highest BCUT2D eigenvalue weighted by Crippen LogP contribution is 2.32. The normalized spacial score (nSPS) is 20.2. The van der Waals surface area contributed by atoms with E-state index >= 15 is 0 Å². The fraction of sp³-hybridized carbons (Fsp3) is 0.500. The van der Waals surface area contributed by atoms with Gasteiger partial charge >= 0.3 is 6.18 Å². The van der Waals surface area contributed by atoms with Crippen molar-refractivity contribution >= 4 is 0 Å². The summed E-state index contributed by atoms with van der Waals surface area (Å²) < 4.78 is 42.6. The highest BCUT2D eigenvalue weighted by atomic mass is 19.4. The first-order chi connectivity index (χ1) is 9.54. The van der Waals surface area contributed by atoms with Crippen LogP contribution >= 0.6 is 0 Å². The molecule has 0 amide bonds. The Kier molecular flexibility index (Phi) is 3.25. The molecule has 108 valence electrons. The highest BCUT2D eigenvalue weighted by Gasteiger charge is 2.32. The van der Waals surface area contributed by atoms with Gasteiger partial charge in [-0.2, -0.15) is 18.2 Å². The van der Waals surface area contributed by atoms with Gasteiger partial charge in [0.05, 0.1) is 5.56 Å². The van der Waals surface area contributed by atoms with E-state index in [0.29, 0.717) is 5.82 Å². The highest BCUT2D eigenvalue weighted by molar-refractivity contribution is 5.49. The van der Waals surface area contributed by atoms with Gasteiger partial charge in [0.25, 0.3) is 5.89 Å². The van der Waals surface area contributed by atoms with Crippen molar-refractivity contribution in [2.24, 2.45) is 0 Å². The van der Waals surface area contributed by atoms with Gasteiger partial charge in [-0.3, -0.25) is 0 Å². The molecule has 2 aromatic heterocycles. The molecule has 1 saturated heterocycles. The van der Waals surface area contributed by atoms with Crippen molar-refractivity contribution in [3.05, 3.63) is 23.7 Å². The van der Waals surface area contributed by atoms with Gasteiger partial charge < -0.3 is 14.8 Å². The Hall–Kier alpha value is -1.83. The molecule has 1 aliphatic rings. The maximum atomic E-state index is 12.5. The first-order valence-corrected chi connectivity index (χ1v) is 6.34. The molecular formula is C12H13F3N4O. The number of hydrogen-bond donors (Lipinski definition) is 2. The molecule has 2 aromatic rings. The van der Waals surface area contributed by atoms with Crippen molar-refractivity contribution < 1.29 is 17.7 Å². The summed E-state index contributed by atoms with van der Waals surface area (Å²) in [6.45, 7) is 1.73. The molecule has 0 spiro atoms. The van der Waals surface area contributed by atoms with Gasteiger partial charge in [0.2, 0.25) is 0 Å². The van der Waals surface area contributed by atoms with Crippen LogP contribution < -0.4 is 5.32 Å². The maximum Gasteiger partial charge on any atom is 0.417 e. The topological polar surface area (TPSA) is 66.7 Å². The van der Waals surface area contributed by atoms with Crippen LogP contribution in [0.1, 0.15) is 30.1 Å². The Morgan fingerprint density at radius 2 is 2.20 bits per heavy atom. The minimum atomic E-state index is -4.38. The Morgan fingerprint density at radius 3 is 2.85 bits per heavy atom. The molecule has 8 heteroatoms. The van der Waals surface area contributed by atoms with Gasteiger partial charge in [-0.05, 0) is 25.5 Å². The van der Waals surface area contributed by atoms with E-state index in [9.17, 15) is 13.2 Å². The molecule has 1 atom stereocenters. The first kappa shape index (κ1) is 13.2. The molecule has 3 heterocycles. The first-order valence-electron chi connectivity index (χ1n) is 6.34. The van der Waals surface area contributed by atoms with Crippen molar-refractivity contribution in [2.75, 3.05) is 13.1 Å². The van der Waals surface area contributed by atoms with Gasteiger partial charge in [0.15, 0.2) is 5.82 Å². The number of alkyl halides is 3. The fourth-order valence-corrected chi connectivity index (χ4v) is 2.26. The summed E-state index contributed by atoms with van der Waals surface area (Å²) in [5, 5.41) is 7.09. The molecular weight excluding hydrogens is 273 g/mol. The van der Waals surface area contributed by atoms with Crippen LogP contribution in [0.2, 0.25) is 0 Å². The van der Waals surface area contributed by atoms with E-state index in [1.807, 2.05) is 0 Å². The minimum absolute atomic E-state index is 0.0843. The second-order valence-corrected chi connectivity index (χ2v) is 4.80. The Labute approximate surface area is 112 Å². The van der Waals surface area contributed by atoms with Crippen LogP contribution in [0.5, 0.6) is 0 Å². The van der Waals surface area contributed by atoms with E-state index in [0.717, 1.165) is 38.2 Å². The molecule has 2 N–H and O–H groups in total. The summed E-state index contributed by atoms with van der Waals surface area (Å²) in [5.74, 6) is 0.773. The Morgan fingerprint density at radius 1 is 1.35 bits per heavy atom. The number of rotatable bonds is 2. The fourth-order valence-electron chi connectivity index (χ4n) is 2.26. The third kappa shape index (κ3) is 2.55. The van der Waals surface area contributed by atoms with Crippen LogP contribution in [-0.4, -0.2) is 28.2 Å². The summed E-state index contributed by atoms with van der Waals surface area (Å²) >= 11 is 0. The van der Waals surface area contributed by atoms with Crippen molar-refractivity contribution in [3.63, 3.8) is 0 Å². The average Bonchev–Trinajstić information content (AvgIpc) is 3.08. The number of nitrogens with zero attached hydrogens (tertiary/aromatic N) is 2. The molecule has 1 fully saturated rings. The van der Waals surface area contributed by atoms with Crippen LogP contribution in [0.3, 0.4) is 0 Å². The number of H-pyrrole nitrogens is 1. The molecule has 0 bridgehead atoms. The zero-order valence-electron chi connectivity index (χ0n) is 10.5. The van der Waals surface area contributed by atoms with Crippen LogP contribution in [0.4, 0.5) is 13.2 Å². The van der Waals surface area contributed by atoms with E-state index < -0.39 is 11.7 Å². The van der Waals surface area contributed by atoms with Gasteiger partial charge in [0, 0.05) is 18.7 Å². The zero-order valence-corrected chi connectivity index (χ0v) is 10.5. The van der Waals surface area contributed by atoms with E-state index in [4.69, 9.17) is 4.52 Å². The Balaban J connectivity index is 1.81. The molecule has 0 radical (unpaired) electrons. The third-order valence-electron chi connectivity index (χ3n) is 3.34. The second-order valence-electron chi connectivity index (χ2n) is 4.80. The number of nitrogens with one attached hydrogen (secondary N) is 2. The monoisotopic (exact) mass is 286 g/mol. The number of aromatic amines is 1. The van der Waals surface area contributed by atoms with Crippen molar-refractivity contribution in [3.8, 4) is 11.6 Å². The van der Waals surface area contributed by atoms with Gasteiger partial charge in [0.1, 0.15) is 5.69 Å². The summed E-state index contributed by atoms with van der Waals surface area (Å²) in [4.78, 5) is 6.70. The lowest BCUT2D eigenvalue weighted by atomic mass is 9.99. The van der Waals surface area contributed by atoms with Crippen LogP contribution in [0, 0.1) is 0 Å². The van der Waals surface area contributed by atoms with Crippen molar-refractivity contribution in [2.45, 2.75) is 24.9 Å². The van der Waals surface area contributed by atoms with Gasteiger partial charge in [-0.1, -0.05) is 5.16 Å². The molecule has 1 unspecified atom stereocenters. The largest absolute Gasteiger partial charge is 0.417 e. The molecule has 20 heavy (non-hydrogen) atoms. The van der Waals surface area contributed by atoms with Crippen LogP contribution in [0.15, 0.2) is 16.8 Å². The molecule has 1 aliphatic heterocycles. The summed E-state index contributed by atoms with van der Waals surface area (Å²) in [7, 11) is 0. The predicted molar refractivity (Wildman–Crippen MR) is 63.9 cm³/mol. The van der Waals surface area contributed by atoms with E-state index in [2.05, 4.69) is 20.4 Å². The van der Waals surface area contributed by atoms with Crippen molar-refractivity contribution in [1.82, 2.24) is 20.4 Å². The summed E-state index contributed by atoms with van der Waals surface area (Å²) in [6.07, 6.45) is -1.52. The predicted octanol–water partition coefficient (Wildman–Crippen LogP) is 2.55. The number of piperidine rings is 1. The van der Waals surface area contributed by atoms with E-state index in [1.54, 1.807) is 0 Å². The number of aromatic nitrogens is 3. The van der Waals surface area contributed by atoms with Gasteiger partial charge in [-0.15, -0.1) is 0 Å². The van der Waals surface area contributed by atoms with Crippen molar-refractivity contribution in [1.29, 1.82) is 0 Å². The third-order valence-corrected chi connectivity index (χ3v) is 3.34. The number of halogens is 3. The standard InChI is InChI=1S/C12H13F3N4O/c13-12(14,15)8-4-9(17-6-8)11-18-10(19-20-11)7-2-1-3-16-5-7/h4,6-7,16-17H,1-3,5H2. The molecule has 0 aromatic carbocycles. The SMILES string of the molecule is FC(F)(F)c1c[nH]c(-c2nc(C3CCCNC3)no2)c1. The quantitative estimate of drug-likeness (QED) is 0.890. The van der Waals surface area contributed by atoms with Crippen LogP contribution in [-0.2, 0) is 6.18 Å². The average molecular weight is 286 g/mol. The van der Waals surface area contributed by atoms with Gasteiger partial charge in [-0.25, -0.2) is 0 Å². The summed E-state index contributed by atoms with van der Waals surface area (Å²) in [5.41, 5.74) is -0.577. The second kappa shape index (κ2) is 4.93. The minimum Gasteiger partial charge on any atom is -0.357 e. The zero-order chi connectivity index (χ0) is 14.2.